The summed E-state index contributed by atoms with van der Waals surface area (Å²) < 4.78 is 0. The third kappa shape index (κ3) is 4.18. The average molecular weight is 286 g/mol. The van der Waals surface area contributed by atoms with Crippen LogP contribution in [0.25, 0.3) is 6.08 Å². The molecule has 0 saturated carbocycles. The van der Waals surface area contributed by atoms with E-state index in [9.17, 15) is 9.59 Å². The number of rotatable bonds is 3. The number of benzene rings is 1. The summed E-state index contributed by atoms with van der Waals surface area (Å²) in [6.07, 6.45) is 5.71. The lowest BCUT2D eigenvalue weighted by Crippen LogP contribution is -2.38. The number of nitrogens with zero attached hydrogens (tertiary/aromatic N) is 1. The maximum absolute atomic E-state index is 12.1. The van der Waals surface area contributed by atoms with E-state index in [2.05, 4.69) is 12.2 Å². The predicted molar refractivity (Wildman–Crippen MR) is 83.8 cm³/mol. The molecule has 1 aliphatic heterocycles. The molecule has 1 N–H and O–H groups in total. The Balaban J connectivity index is 1.97. The van der Waals surface area contributed by atoms with E-state index in [-0.39, 0.29) is 11.8 Å². The van der Waals surface area contributed by atoms with E-state index in [1.807, 2.05) is 17.0 Å². The summed E-state index contributed by atoms with van der Waals surface area (Å²) >= 11 is 0. The number of hydrogen-bond acceptors (Lipinski definition) is 2. The monoisotopic (exact) mass is 286 g/mol. The van der Waals surface area contributed by atoms with Crippen molar-refractivity contribution in [2.75, 3.05) is 20.1 Å². The first-order chi connectivity index (χ1) is 10.1. The van der Waals surface area contributed by atoms with Gasteiger partial charge in [-0.15, -0.1) is 0 Å². The van der Waals surface area contributed by atoms with E-state index in [0.717, 1.165) is 25.1 Å². The van der Waals surface area contributed by atoms with Crippen molar-refractivity contribution in [2.24, 2.45) is 5.92 Å². The molecule has 1 heterocycles. The lowest BCUT2D eigenvalue weighted by molar-refractivity contribution is -0.127. The van der Waals surface area contributed by atoms with Crippen LogP contribution in [0.1, 0.15) is 35.7 Å². The number of carbonyl (C=O) groups is 2. The van der Waals surface area contributed by atoms with Crippen molar-refractivity contribution in [3.63, 3.8) is 0 Å². The number of amides is 2. The molecule has 1 atom stereocenters. The second-order valence-corrected chi connectivity index (χ2v) is 5.57. The second kappa shape index (κ2) is 7.07. The highest BCUT2D eigenvalue weighted by Crippen LogP contribution is 2.16. The molecule has 2 amide bonds. The summed E-state index contributed by atoms with van der Waals surface area (Å²) in [7, 11) is 1.61. The average Bonchev–Trinajstić information content (AvgIpc) is 2.52. The van der Waals surface area contributed by atoms with Gasteiger partial charge in [0.05, 0.1) is 0 Å². The van der Waals surface area contributed by atoms with Crippen molar-refractivity contribution in [3.8, 4) is 0 Å². The largest absolute Gasteiger partial charge is 0.355 e. The molecule has 112 valence electrons. The minimum Gasteiger partial charge on any atom is -0.355 e. The Labute approximate surface area is 125 Å². The first-order valence-corrected chi connectivity index (χ1v) is 7.39. The number of nitrogens with one attached hydrogen (secondary N) is 1. The van der Waals surface area contributed by atoms with Gasteiger partial charge < -0.3 is 10.2 Å². The highest BCUT2D eigenvalue weighted by Gasteiger charge is 2.18. The minimum absolute atomic E-state index is 0.0666. The van der Waals surface area contributed by atoms with E-state index in [1.165, 1.54) is 6.42 Å². The quantitative estimate of drug-likeness (QED) is 0.867. The molecule has 0 bridgehead atoms. The summed E-state index contributed by atoms with van der Waals surface area (Å²) in [5, 5.41) is 2.58. The fraction of sp³-hybridized carbons (Fsp3) is 0.412. The number of hydrogen-bond donors (Lipinski definition) is 1. The first kappa shape index (κ1) is 15.3. The predicted octanol–water partition coefficient (Wildman–Crippen LogP) is 2.32. The topological polar surface area (TPSA) is 49.4 Å². The molecule has 1 unspecified atom stereocenters. The molecule has 4 nitrogen and oxygen atoms in total. The molecule has 1 fully saturated rings. The lowest BCUT2D eigenvalue weighted by Gasteiger charge is -2.30. The smallest absolute Gasteiger partial charge is 0.251 e. The van der Waals surface area contributed by atoms with Gasteiger partial charge in [-0.2, -0.15) is 0 Å². The third-order valence-corrected chi connectivity index (χ3v) is 3.79. The Kier molecular flexibility index (Phi) is 5.14. The van der Waals surface area contributed by atoms with Gasteiger partial charge in [-0.3, -0.25) is 9.59 Å². The lowest BCUT2D eigenvalue weighted by atomic mass is 10.0. The van der Waals surface area contributed by atoms with Crippen LogP contribution < -0.4 is 5.32 Å². The van der Waals surface area contributed by atoms with Gasteiger partial charge in [-0.25, -0.2) is 0 Å². The van der Waals surface area contributed by atoms with E-state index in [4.69, 9.17) is 0 Å². The molecule has 0 aliphatic carbocycles. The van der Waals surface area contributed by atoms with Gasteiger partial charge in [-0.05, 0) is 42.5 Å². The third-order valence-electron chi connectivity index (χ3n) is 3.79. The van der Waals surface area contributed by atoms with Gasteiger partial charge in [0.25, 0.3) is 5.91 Å². The summed E-state index contributed by atoms with van der Waals surface area (Å²) in [5.41, 5.74) is 1.53. The molecule has 4 heteroatoms. The standard InChI is InChI=1S/C17H22N2O2/c1-13-4-3-11-19(12-13)16(20)10-7-14-5-8-15(9-6-14)17(21)18-2/h5-10,13H,3-4,11-12H2,1-2H3,(H,18,21)/b10-7+. The normalized spacial score (nSPS) is 18.8. The zero-order valence-corrected chi connectivity index (χ0v) is 12.6. The van der Waals surface area contributed by atoms with Crippen LogP contribution in [0.5, 0.6) is 0 Å². The van der Waals surface area contributed by atoms with Crippen molar-refractivity contribution in [1.82, 2.24) is 10.2 Å². The molecular weight excluding hydrogens is 264 g/mol. The Bertz CT molecular complexity index is 534. The summed E-state index contributed by atoms with van der Waals surface area (Å²) in [4.78, 5) is 25.5. The van der Waals surface area contributed by atoms with Gasteiger partial charge >= 0.3 is 0 Å². The van der Waals surface area contributed by atoms with E-state index < -0.39 is 0 Å². The van der Waals surface area contributed by atoms with Crippen LogP contribution in [0.3, 0.4) is 0 Å². The van der Waals surface area contributed by atoms with E-state index >= 15 is 0 Å². The summed E-state index contributed by atoms with van der Waals surface area (Å²) in [6, 6.07) is 7.19. The van der Waals surface area contributed by atoms with Crippen molar-refractivity contribution >= 4 is 17.9 Å². The SMILES string of the molecule is CNC(=O)c1ccc(/C=C/C(=O)N2CCCC(C)C2)cc1. The van der Waals surface area contributed by atoms with Crippen LogP contribution in [0, 0.1) is 5.92 Å². The van der Waals surface area contributed by atoms with Crippen molar-refractivity contribution in [2.45, 2.75) is 19.8 Å². The van der Waals surface area contributed by atoms with Crippen LogP contribution in [0.2, 0.25) is 0 Å². The molecule has 0 spiro atoms. The fourth-order valence-electron chi connectivity index (χ4n) is 2.55. The van der Waals surface area contributed by atoms with Crippen molar-refractivity contribution in [1.29, 1.82) is 0 Å². The van der Waals surface area contributed by atoms with E-state index in [0.29, 0.717) is 11.5 Å². The second-order valence-electron chi connectivity index (χ2n) is 5.57. The maximum Gasteiger partial charge on any atom is 0.251 e. The van der Waals surface area contributed by atoms with E-state index in [1.54, 1.807) is 31.3 Å². The summed E-state index contributed by atoms with van der Waals surface area (Å²) in [5.74, 6) is 0.545. The highest BCUT2D eigenvalue weighted by molar-refractivity contribution is 5.94. The van der Waals surface area contributed by atoms with Crippen LogP contribution in [-0.2, 0) is 4.79 Å². The zero-order chi connectivity index (χ0) is 15.2. The Morgan fingerprint density at radius 1 is 1.29 bits per heavy atom. The van der Waals surface area contributed by atoms with Crippen LogP contribution in [0.4, 0.5) is 0 Å². The molecule has 2 rings (SSSR count). The molecule has 21 heavy (non-hydrogen) atoms. The molecular formula is C17H22N2O2. The van der Waals surface area contributed by atoms with Gasteiger partial charge in [0.15, 0.2) is 0 Å². The summed E-state index contributed by atoms with van der Waals surface area (Å²) in [6.45, 7) is 3.88. The molecule has 1 aromatic rings. The highest BCUT2D eigenvalue weighted by atomic mass is 16.2. The molecule has 1 saturated heterocycles. The number of likely N-dealkylation sites (tertiary alicyclic amines) is 1. The maximum atomic E-state index is 12.1. The zero-order valence-electron chi connectivity index (χ0n) is 12.6. The van der Waals surface area contributed by atoms with Crippen LogP contribution in [-0.4, -0.2) is 36.9 Å². The fourth-order valence-corrected chi connectivity index (χ4v) is 2.55. The van der Waals surface area contributed by atoms with Gasteiger partial charge in [-0.1, -0.05) is 19.1 Å². The van der Waals surface area contributed by atoms with Gasteiger partial charge in [0, 0.05) is 31.8 Å². The molecule has 1 aliphatic rings. The Hall–Kier alpha value is -2.10. The number of piperidine rings is 1. The number of carbonyl (C=O) groups excluding carboxylic acids is 2. The van der Waals surface area contributed by atoms with Crippen LogP contribution >= 0.6 is 0 Å². The Morgan fingerprint density at radius 2 is 2.00 bits per heavy atom. The first-order valence-electron chi connectivity index (χ1n) is 7.39. The molecule has 0 radical (unpaired) electrons. The molecule has 1 aromatic carbocycles. The Morgan fingerprint density at radius 3 is 2.62 bits per heavy atom. The van der Waals surface area contributed by atoms with Gasteiger partial charge in [0.2, 0.25) is 5.91 Å². The van der Waals surface area contributed by atoms with Gasteiger partial charge in [0.1, 0.15) is 0 Å². The van der Waals surface area contributed by atoms with Crippen molar-refractivity contribution in [3.05, 3.63) is 41.5 Å². The van der Waals surface area contributed by atoms with Crippen LogP contribution in [0.15, 0.2) is 30.3 Å². The minimum atomic E-state index is -0.107. The van der Waals surface area contributed by atoms with Crippen molar-refractivity contribution < 1.29 is 9.59 Å². The molecule has 0 aromatic heterocycles.